The van der Waals surface area contributed by atoms with Crippen LogP contribution in [0.1, 0.15) is 11.4 Å². The summed E-state index contributed by atoms with van der Waals surface area (Å²) in [5, 5.41) is 0. The van der Waals surface area contributed by atoms with Crippen LogP contribution in [0.5, 0.6) is 0 Å². The first-order valence-electron chi connectivity index (χ1n) is 5.04. The molecule has 0 spiro atoms. The van der Waals surface area contributed by atoms with Gasteiger partial charge in [0.1, 0.15) is 16.1 Å². The standard InChI is InChI=1S/C12H10BrFN2O/c1-8-15-6-11(13)12(17)16(8)7-9-2-4-10(14)5-3-9/h2-6H,7H2,1H3. The zero-order chi connectivity index (χ0) is 12.4. The highest BCUT2D eigenvalue weighted by molar-refractivity contribution is 9.10. The lowest BCUT2D eigenvalue weighted by atomic mass is 10.2. The van der Waals surface area contributed by atoms with Crippen LogP contribution >= 0.6 is 15.9 Å². The average Bonchev–Trinajstić information content (AvgIpc) is 2.32. The molecule has 0 aliphatic rings. The van der Waals surface area contributed by atoms with Gasteiger partial charge in [-0.3, -0.25) is 9.36 Å². The Morgan fingerprint density at radius 1 is 1.35 bits per heavy atom. The number of aryl methyl sites for hydroxylation is 1. The Morgan fingerprint density at radius 2 is 2.00 bits per heavy atom. The highest BCUT2D eigenvalue weighted by Crippen LogP contribution is 2.07. The summed E-state index contributed by atoms with van der Waals surface area (Å²) in [6, 6.07) is 6.06. The molecule has 0 N–H and O–H groups in total. The third-order valence-electron chi connectivity index (χ3n) is 2.46. The first-order chi connectivity index (χ1) is 8.08. The van der Waals surface area contributed by atoms with Crippen LogP contribution in [0.25, 0.3) is 0 Å². The average molecular weight is 297 g/mol. The van der Waals surface area contributed by atoms with Crippen LogP contribution in [0.4, 0.5) is 4.39 Å². The van der Waals surface area contributed by atoms with Gasteiger partial charge < -0.3 is 0 Å². The second-order valence-electron chi connectivity index (χ2n) is 3.67. The molecule has 0 aliphatic carbocycles. The molecular weight excluding hydrogens is 287 g/mol. The number of hydrogen-bond donors (Lipinski definition) is 0. The minimum Gasteiger partial charge on any atom is -0.291 e. The Hall–Kier alpha value is -1.49. The Bertz CT molecular complexity index is 592. The molecule has 17 heavy (non-hydrogen) atoms. The van der Waals surface area contributed by atoms with E-state index in [9.17, 15) is 9.18 Å². The fraction of sp³-hybridized carbons (Fsp3) is 0.167. The van der Waals surface area contributed by atoms with Crippen LogP contribution in [0, 0.1) is 12.7 Å². The SMILES string of the molecule is Cc1ncc(Br)c(=O)n1Cc1ccc(F)cc1. The molecule has 0 bridgehead atoms. The molecule has 1 heterocycles. The molecule has 0 aliphatic heterocycles. The molecule has 0 atom stereocenters. The van der Waals surface area contributed by atoms with Gasteiger partial charge in [0.15, 0.2) is 0 Å². The van der Waals surface area contributed by atoms with Gasteiger partial charge in [0, 0.05) is 6.20 Å². The zero-order valence-electron chi connectivity index (χ0n) is 9.15. The molecule has 0 saturated carbocycles. The van der Waals surface area contributed by atoms with E-state index in [1.165, 1.54) is 22.9 Å². The van der Waals surface area contributed by atoms with E-state index in [-0.39, 0.29) is 11.4 Å². The Balaban J connectivity index is 2.39. The minimum absolute atomic E-state index is 0.137. The van der Waals surface area contributed by atoms with Crippen molar-refractivity contribution < 1.29 is 4.39 Å². The Morgan fingerprint density at radius 3 is 2.65 bits per heavy atom. The maximum absolute atomic E-state index is 12.8. The van der Waals surface area contributed by atoms with Gasteiger partial charge in [0.05, 0.1) is 6.54 Å². The van der Waals surface area contributed by atoms with Crippen molar-refractivity contribution in [3.05, 3.63) is 62.5 Å². The molecule has 2 aromatic rings. The fourth-order valence-corrected chi connectivity index (χ4v) is 1.83. The molecular formula is C12H10BrFN2O. The smallest absolute Gasteiger partial charge is 0.268 e. The van der Waals surface area contributed by atoms with E-state index in [4.69, 9.17) is 0 Å². The number of hydrogen-bond acceptors (Lipinski definition) is 2. The third-order valence-corrected chi connectivity index (χ3v) is 3.00. The largest absolute Gasteiger partial charge is 0.291 e. The maximum Gasteiger partial charge on any atom is 0.268 e. The third kappa shape index (κ3) is 2.61. The molecule has 1 aromatic heterocycles. The van der Waals surface area contributed by atoms with Crippen molar-refractivity contribution in [2.45, 2.75) is 13.5 Å². The first kappa shape index (κ1) is 12.0. The van der Waals surface area contributed by atoms with Gasteiger partial charge in [0.2, 0.25) is 0 Å². The first-order valence-corrected chi connectivity index (χ1v) is 5.83. The molecule has 5 heteroatoms. The fourth-order valence-electron chi connectivity index (χ4n) is 1.51. The molecule has 0 amide bonds. The lowest BCUT2D eigenvalue weighted by Crippen LogP contribution is -2.24. The van der Waals surface area contributed by atoms with Crippen LogP contribution in [0.2, 0.25) is 0 Å². The minimum atomic E-state index is -0.287. The van der Waals surface area contributed by atoms with Gasteiger partial charge in [0.25, 0.3) is 5.56 Å². The monoisotopic (exact) mass is 296 g/mol. The van der Waals surface area contributed by atoms with E-state index < -0.39 is 0 Å². The van der Waals surface area contributed by atoms with Crippen LogP contribution in [-0.4, -0.2) is 9.55 Å². The molecule has 1 aromatic carbocycles. The summed E-state index contributed by atoms with van der Waals surface area (Å²) in [5.41, 5.74) is 0.721. The van der Waals surface area contributed by atoms with Gasteiger partial charge in [-0.15, -0.1) is 0 Å². The van der Waals surface area contributed by atoms with E-state index in [1.807, 2.05) is 0 Å². The number of halogens is 2. The predicted octanol–water partition coefficient (Wildman–Crippen LogP) is 2.50. The van der Waals surface area contributed by atoms with E-state index in [0.717, 1.165) is 5.56 Å². The van der Waals surface area contributed by atoms with Crippen molar-refractivity contribution in [2.24, 2.45) is 0 Å². The van der Waals surface area contributed by atoms with Crippen molar-refractivity contribution in [2.75, 3.05) is 0 Å². The number of rotatable bonds is 2. The molecule has 0 fully saturated rings. The highest BCUT2D eigenvalue weighted by Gasteiger charge is 2.06. The van der Waals surface area contributed by atoms with E-state index in [1.54, 1.807) is 19.1 Å². The number of nitrogens with zero attached hydrogens (tertiary/aromatic N) is 2. The van der Waals surface area contributed by atoms with Gasteiger partial charge in [-0.2, -0.15) is 0 Å². The highest BCUT2D eigenvalue weighted by atomic mass is 79.9. The summed E-state index contributed by atoms with van der Waals surface area (Å²) < 4.78 is 14.7. The lowest BCUT2D eigenvalue weighted by Gasteiger charge is -2.09. The second-order valence-corrected chi connectivity index (χ2v) is 4.53. The van der Waals surface area contributed by atoms with E-state index in [2.05, 4.69) is 20.9 Å². The molecule has 0 radical (unpaired) electrons. The van der Waals surface area contributed by atoms with Crippen LogP contribution < -0.4 is 5.56 Å². The normalized spacial score (nSPS) is 10.5. The Kier molecular flexibility index (Phi) is 3.38. The quantitative estimate of drug-likeness (QED) is 0.853. The number of benzene rings is 1. The molecule has 88 valence electrons. The van der Waals surface area contributed by atoms with Gasteiger partial charge in [-0.25, -0.2) is 9.37 Å². The summed E-state index contributed by atoms with van der Waals surface area (Å²) in [7, 11) is 0. The summed E-state index contributed by atoms with van der Waals surface area (Å²) in [5.74, 6) is 0.340. The topological polar surface area (TPSA) is 34.9 Å². The van der Waals surface area contributed by atoms with Crippen molar-refractivity contribution in [1.29, 1.82) is 0 Å². The van der Waals surface area contributed by atoms with Crippen LogP contribution in [0.15, 0.2) is 39.7 Å². The molecule has 2 rings (SSSR count). The summed E-state index contributed by atoms with van der Waals surface area (Å²) >= 11 is 3.15. The van der Waals surface area contributed by atoms with Crippen molar-refractivity contribution in [3.8, 4) is 0 Å². The van der Waals surface area contributed by atoms with Crippen molar-refractivity contribution in [1.82, 2.24) is 9.55 Å². The van der Waals surface area contributed by atoms with Crippen LogP contribution in [0.3, 0.4) is 0 Å². The van der Waals surface area contributed by atoms with Gasteiger partial charge >= 0.3 is 0 Å². The maximum atomic E-state index is 12.8. The summed E-state index contributed by atoms with van der Waals surface area (Å²) in [6.45, 7) is 2.15. The Labute approximate surface area is 106 Å². The zero-order valence-corrected chi connectivity index (χ0v) is 10.7. The lowest BCUT2D eigenvalue weighted by molar-refractivity contribution is 0.625. The molecule has 3 nitrogen and oxygen atoms in total. The second kappa shape index (κ2) is 4.79. The summed E-state index contributed by atoms with van der Waals surface area (Å²) in [4.78, 5) is 16.0. The van der Waals surface area contributed by atoms with Gasteiger partial charge in [-0.1, -0.05) is 12.1 Å². The van der Waals surface area contributed by atoms with Gasteiger partial charge in [-0.05, 0) is 40.5 Å². The summed E-state index contributed by atoms with van der Waals surface area (Å²) in [6.07, 6.45) is 1.48. The predicted molar refractivity (Wildman–Crippen MR) is 66.4 cm³/mol. The van der Waals surface area contributed by atoms with Crippen molar-refractivity contribution in [3.63, 3.8) is 0 Å². The van der Waals surface area contributed by atoms with Crippen LogP contribution in [-0.2, 0) is 6.54 Å². The van der Waals surface area contributed by atoms with E-state index >= 15 is 0 Å². The molecule has 0 unspecified atom stereocenters. The number of aromatic nitrogens is 2. The van der Waals surface area contributed by atoms with E-state index in [0.29, 0.717) is 16.8 Å². The van der Waals surface area contributed by atoms with Crippen molar-refractivity contribution >= 4 is 15.9 Å². The molecule has 0 saturated heterocycles.